The molecular formula is C23H26N2O2. The van der Waals surface area contributed by atoms with E-state index in [1.807, 2.05) is 30.0 Å². The molecule has 2 aromatic carbocycles. The molecule has 2 aromatic rings. The largest absolute Gasteiger partial charge is 0.496 e. The van der Waals surface area contributed by atoms with Gasteiger partial charge in [-0.3, -0.25) is 4.79 Å². The van der Waals surface area contributed by atoms with Gasteiger partial charge in [-0.05, 0) is 55.5 Å². The van der Waals surface area contributed by atoms with E-state index >= 15 is 0 Å². The molecule has 1 aliphatic rings. The molecule has 0 radical (unpaired) electrons. The van der Waals surface area contributed by atoms with Crippen molar-refractivity contribution in [1.82, 2.24) is 4.90 Å². The fourth-order valence-electron chi connectivity index (χ4n) is 3.42. The lowest BCUT2D eigenvalue weighted by Gasteiger charge is -2.23. The van der Waals surface area contributed by atoms with E-state index in [9.17, 15) is 4.79 Å². The van der Waals surface area contributed by atoms with Gasteiger partial charge in [-0.15, -0.1) is 0 Å². The van der Waals surface area contributed by atoms with Crippen LogP contribution >= 0.6 is 0 Å². The minimum atomic E-state index is 0.215. The molecule has 0 heterocycles. The molecule has 0 bridgehead atoms. The Labute approximate surface area is 161 Å². The lowest BCUT2D eigenvalue weighted by Crippen LogP contribution is -2.31. The number of hydrogen-bond donors (Lipinski definition) is 0. The second-order valence-electron chi connectivity index (χ2n) is 7.16. The highest BCUT2D eigenvalue weighted by molar-refractivity contribution is 5.81. The van der Waals surface area contributed by atoms with Crippen molar-refractivity contribution in [2.45, 2.75) is 39.7 Å². The van der Waals surface area contributed by atoms with E-state index < -0.39 is 0 Å². The molecule has 4 nitrogen and oxygen atoms in total. The topological polar surface area (TPSA) is 53.3 Å². The summed E-state index contributed by atoms with van der Waals surface area (Å²) < 4.78 is 5.58. The van der Waals surface area contributed by atoms with Crippen LogP contribution in [0, 0.1) is 24.2 Å². The molecule has 3 rings (SSSR count). The van der Waals surface area contributed by atoms with E-state index in [0.717, 1.165) is 46.4 Å². The number of carbonyl (C=O) groups is 1. The number of nitrogens with zero attached hydrogens (tertiary/aromatic N) is 2. The number of benzene rings is 2. The Morgan fingerprint density at radius 2 is 2.00 bits per heavy atom. The van der Waals surface area contributed by atoms with Crippen LogP contribution < -0.4 is 4.74 Å². The first-order valence-corrected chi connectivity index (χ1v) is 9.50. The smallest absolute Gasteiger partial charge is 0.225 e. The van der Waals surface area contributed by atoms with E-state index in [4.69, 9.17) is 10.00 Å². The molecule has 0 aliphatic heterocycles. The quantitative estimate of drug-likeness (QED) is 0.729. The molecule has 1 aliphatic carbocycles. The summed E-state index contributed by atoms with van der Waals surface area (Å²) >= 11 is 0. The lowest BCUT2D eigenvalue weighted by molar-refractivity contribution is -0.132. The van der Waals surface area contributed by atoms with E-state index in [-0.39, 0.29) is 11.8 Å². The number of amides is 1. The van der Waals surface area contributed by atoms with Crippen molar-refractivity contribution in [3.8, 4) is 22.9 Å². The Kier molecular flexibility index (Phi) is 5.81. The summed E-state index contributed by atoms with van der Waals surface area (Å²) in [5, 5.41) is 9.04. The van der Waals surface area contributed by atoms with E-state index in [2.05, 4.69) is 31.2 Å². The zero-order valence-corrected chi connectivity index (χ0v) is 16.3. The molecule has 1 saturated carbocycles. The van der Waals surface area contributed by atoms with Crippen molar-refractivity contribution in [2.24, 2.45) is 5.92 Å². The van der Waals surface area contributed by atoms with Crippen molar-refractivity contribution in [2.75, 3.05) is 13.7 Å². The molecular weight excluding hydrogens is 336 g/mol. The van der Waals surface area contributed by atoms with Gasteiger partial charge in [0.2, 0.25) is 5.91 Å². The number of hydrogen-bond acceptors (Lipinski definition) is 3. The van der Waals surface area contributed by atoms with Crippen LogP contribution in [0.25, 0.3) is 11.1 Å². The molecule has 1 amide bonds. The Hall–Kier alpha value is -2.80. The summed E-state index contributed by atoms with van der Waals surface area (Å²) in [6, 6.07) is 14.4. The molecule has 0 aromatic heterocycles. The third-order valence-electron chi connectivity index (χ3n) is 5.08. The third kappa shape index (κ3) is 4.31. The Balaban J connectivity index is 2.02. The van der Waals surface area contributed by atoms with Crippen molar-refractivity contribution >= 4 is 5.91 Å². The number of ether oxygens (including phenoxy) is 1. The number of nitriles is 1. The SMILES string of the molecule is CCN(Cc1cc(C)ccc1-c1cc(CC#N)ccc1OC)C(=O)C1CC1. The van der Waals surface area contributed by atoms with Crippen LogP contribution in [-0.4, -0.2) is 24.5 Å². The molecule has 140 valence electrons. The summed E-state index contributed by atoms with van der Waals surface area (Å²) in [5.41, 5.74) is 5.25. The zero-order valence-electron chi connectivity index (χ0n) is 16.3. The molecule has 0 atom stereocenters. The van der Waals surface area contributed by atoms with Crippen LogP contribution in [0.15, 0.2) is 36.4 Å². The van der Waals surface area contributed by atoms with Gasteiger partial charge in [0.15, 0.2) is 0 Å². The van der Waals surface area contributed by atoms with Crippen LogP contribution in [0.4, 0.5) is 0 Å². The fourth-order valence-corrected chi connectivity index (χ4v) is 3.42. The minimum Gasteiger partial charge on any atom is -0.496 e. The highest BCUT2D eigenvalue weighted by Crippen LogP contribution is 2.36. The van der Waals surface area contributed by atoms with E-state index in [1.165, 1.54) is 0 Å². The molecule has 0 N–H and O–H groups in total. The normalized spacial score (nSPS) is 13.1. The molecule has 0 unspecified atom stereocenters. The van der Waals surface area contributed by atoms with Crippen LogP contribution in [0.2, 0.25) is 0 Å². The Morgan fingerprint density at radius 1 is 1.22 bits per heavy atom. The van der Waals surface area contributed by atoms with E-state index in [0.29, 0.717) is 19.5 Å². The van der Waals surface area contributed by atoms with Gasteiger partial charge in [0.05, 0.1) is 19.6 Å². The summed E-state index contributed by atoms with van der Waals surface area (Å²) in [5.74, 6) is 1.25. The van der Waals surface area contributed by atoms with Gasteiger partial charge in [0, 0.05) is 24.6 Å². The Morgan fingerprint density at radius 3 is 2.63 bits per heavy atom. The van der Waals surface area contributed by atoms with Gasteiger partial charge < -0.3 is 9.64 Å². The van der Waals surface area contributed by atoms with Gasteiger partial charge in [-0.2, -0.15) is 5.26 Å². The Bertz CT molecular complexity index is 878. The van der Waals surface area contributed by atoms with Crippen LogP contribution in [0.1, 0.15) is 36.5 Å². The predicted octanol–water partition coefficient (Wildman–Crippen LogP) is 4.50. The fraction of sp³-hybridized carbons (Fsp3) is 0.391. The van der Waals surface area contributed by atoms with Gasteiger partial charge in [-0.1, -0.05) is 29.8 Å². The molecule has 0 saturated heterocycles. The monoisotopic (exact) mass is 362 g/mol. The highest BCUT2D eigenvalue weighted by atomic mass is 16.5. The number of rotatable bonds is 7. The first-order valence-electron chi connectivity index (χ1n) is 9.50. The minimum absolute atomic E-state index is 0.215. The summed E-state index contributed by atoms with van der Waals surface area (Å²) in [4.78, 5) is 14.5. The average Bonchev–Trinajstić information content (AvgIpc) is 3.51. The maximum Gasteiger partial charge on any atom is 0.225 e. The lowest BCUT2D eigenvalue weighted by atomic mass is 9.94. The number of methoxy groups -OCH3 is 1. The summed E-state index contributed by atoms with van der Waals surface area (Å²) in [6.45, 7) is 5.39. The second-order valence-corrected chi connectivity index (χ2v) is 7.16. The third-order valence-corrected chi connectivity index (χ3v) is 5.08. The van der Waals surface area contributed by atoms with Gasteiger partial charge in [-0.25, -0.2) is 0 Å². The molecule has 4 heteroatoms. The summed E-state index contributed by atoms with van der Waals surface area (Å²) in [6.07, 6.45) is 2.39. The highest BCUT2D eigenvalue weighted by Gasteiger charge is 2.33. The maximum absolute atomic E-state index is 12.6. The average molecular weight is 362 g/mol. The standard InChI is InChI=1S/C23H26N2O2/c1-4-25(23(26)18-7-8-18)15-19-13-16(2)5-9-20(19)21-14-17(11-12-24)6-10-22(21)27-3/h5-6,9-10,13-14,18H,4,7-8,11,15H2,1-3H3. The number of aryl methyl sites for hydroxylation is 1. The van der Waals surface area contributed by atoms with Gasteiger partial charge in [0.1, 0.15) is 5.75 Å². The van der Waals surface area contributed by atoms with E-state index in [1.54, 1.807) is 7.11 Å². The van der Waals surface area contributed by atoms with Crippen LogP contribution in [0.3, 0.4) is 0 Å². The predicted molar refractivity (Wildman–Crippen MR) is 106 cm³/mol. The number of carbonyl (C=O) groups excluding carboxylic acids is 1. The van der Waals surface area contributed by atoms with Crippen molar-refractivity contribution < 1.29 is 9.53 Å². The molecule has 0 spiro atoms. The van der Waals surface area contributed by atoms with Crippen molar-refractivity contribution in [1.29, 1.82) is 5.26 Å². The van der Waals surface area contributed by atoms with Crippen molar-refractivity contribution in [3.63, 3.8) is 0 Å². The first kappa shape index (κ1) is 19.0. The van der Waals surface area contributed by atoms with Crippen LogP contribution in [-0.2, 0) is 17.8 Å². The molecule has 27 heavy (non-hydrogen) atoms. The van der Waals surface area contributed by atoms with Gasteiger partial charge in [0.25, 0.3) is 0 Å². The van der Waals surface area contributed by atoms with Crippen LogP contribution in [0.5, 0.6) is 5.75 Å². The molecule has 1 fully saturated rings. The zero-order chi connectivity index (χ0) is 19.4. The first-order chi connectivity index (χ1) is 13.1. The maximum atomic E-state index is 12.6. The van der Waals surface area contributed by atoms with Gasteiger partial charge >= 0.3 is 0 Å². The van der Waals surface area contributed by atoms with Crippen molar-refractivity contribution in [3.05, 3.63) is 53.1 Å². The second kappa shape index (κ2) is 8.26. The summed E-state index contributed by atoms with van der Waals surface area (Å²) in [7, 11) is 1.66.